The Balaban J connectivity index is 0.00000529. The molecule has 144 valence electrons. The summed E-state index contributed by atoms with van der Waals surface area (Å²) in [6.45, 7) is 11.5. The molecule has 0 radical (unpaired) electrons. The summed E-state index contributed by atoms with van der Waals surface area (Å²) < 4.78 is 16.6. The minimum absolute atomic E-state index is 0. The lowest BCUT2D eigenvalue weighted by atomic mass is 10.1. The van der Waals surface area contributed by atoms with Gasteiger partial charge in [-0.25, -0.2) is 0 Å². The number of nitrogens with zero attached hydrogens (tertiary/aromatic N) is 1. The fourth-order valence-electron chi connectivity index (χ4n) is 2.25. The van der Waals surface area contributed by atoms with Crippen LogP contribution in [0, 0.1) is 5.92 Å². The van der Waals surface area contributed by atoms with Crippen LogP contribution in [0.4, 0.5) is 0 Å². The van der Waals surface area contributed by atoms with Crippen molar-refractivity contribution >= 4 is 29.9 Å². The Kier molecular flexibility index (Phi) is 17.6. The highest BCUT2D eigenvalue weighted by molar-refractivity contribution is 14.0. The van der Waals surface area contributed by atoms with Gasteiger partial charge in [-0.1, -0.05) is 13.3 Å². The Morgan fingerprint density at radius 3 is 2.67 bits per heavy atom. The van der Waals surface area contributed by atoms with Crippen LogP contribution in [0.1, 0.15) is 39.5 Å². The molecule has 0 aromatic heterocycles. The molecule has 1 atom stereocenters. The van der Waals surface area contributed by atoms with Crippen molar-refractivity contribution < 1.29 is 14.2 Å². The first kappa shape index (κ1) is 23.9. The summed E-state index contributed by atoms with van der Waals surface area (Å²) in [5.74, 6) is 1.45. The first-order valence-corrected chi connectivity index (χ1v) is 9.12. The maximum atomic E-state index is 5.69. The molecule has 6 nitrogen and oxygen atoms in total. The van der Waals surface area contributed by atoms with E-state index in [0.717, 1.165) is 84.5 Å². The van der Waals surface area contributed by atoms with E-state index in [1.54, 1.807) is 0 Å². The normalized spacial score (nSPS) is 17.6. The highest BCUT2D eigenvalue weighted by Gasteiger charge is 2.15. The molecule has 1 unspecified atom stereocenters. The maximum absolute atomic E-state index is 5.69. The number of rotatable bonds is 13. The molecular weight excluding hydrogens is 421 g/mol. The zero-order chi connectivity index (χ0) is 16.6. The van der Waals surface area contributed by atoms with Gasteiger partial charge in [-0.3, -0.25) is 4.99 Å². The molecule has 1 aliphatic heterocycles. The molecular formula is C17H36IN3O3. The van der Waals surface area contributed by atoms with Gasteiger partial charge in [-0.2, -0.15) is 0 Å². The molecule has 0 saturated carbocycles. The molecule has 0 spiro atoms. The molecule has 1 fully saturated rings. The number of ether oxygens (including phenoxy) is 3. The average molecular weight is 457 g/mol. The van der Waals surface area contributed by atoms with Crippen LogP contribution in [0.5, 0.6) is 0 Å². The lowest BCUT2D eigenvalue weighted by Gasteiger charge is -2.12. The fraction of sp³-hybridized carbons (Fsp3) is 0.941. The molecule has 24 heavy (non-hydrogen) atoms. The van der Waals surface area contributed by atoms with Crippen molar-refractivity contribution in [1.82, 2.24) is 10.6 Å². The van der Waals surface area contributed by atoms with Gasteiger partial charge in [-0.05, 0) is 26.2 Å². The molecule has 7 heteroatoms. The molecule has 0 aliphatic carbocycles. The maximum Gasteiger partial charge on any atom is 0.191 e. The van der Waals surface area contributed by atoms with E-state index < -0.39 is 0 Å². The van der Waals surface area contributed by atoms with Gasteiger partial charge in [0, 0.05) is 45.4 Å². The Bertz CT molecular complexity index is 301. The highest BCUT2D eigenvalue weighted by Crippen LogP contribution is 2.12. The molecule has 1 aliphatic rings. The third-order valence-corrected chi connectivity index (χ3v) is 3.62. The summed E-state index contributed by atoms with van der Waals surface area (Å²) >= 11 is 0. The van der Waals surface area contributed by atoms with E-state index in [4.69, 9.17) is 14.2 Å². The third-order valence-electron chi connectivity index (χ3n) is 3.62. The van der Waals surface area contributed by atoms with Gasteiger partial charge < -0.3 is 24.8 Å². The van der Waals surface area contributed by atoms with E-state index in [9.17, 15) is 0 Å². The molecule has 0 aromatic rings. The minimum atomic E-state index is 0. The molecule has 1 rings (SSSR count). The van der Waals surface area contributed by atoms with E-state index in [2.05, 4.69) is 29.5 Å². The first-order chi connectivity index (χ1) is 11.4. The summed E-state index contributed by atoms with van der Waals surface area (Å²) in [5, 5.41) is 6.54. The van der Waals surface area contributed by atoms with E-state index in [0.29, 0.717) is 5.92 Å². The lowest BCUT2D eigenvalue weighted by Crippen LogP contribution is -2.39. The van der Waals surface area contributed by atoms with Crippen LogP contribution in [-0.2, 0) is 14.2 Å². The molecule has 0 aromatic carbocycles. The van der Waals surface area contributed by atoms with Gasteiger partial charge in [0.2, 0.25) is 0 Å². The van der Waals surface area contributed by atoms with Gasteiger partial charge in [-0.15, -0.1) is 24.0 Å². The van der Waals surface area contributed by atoms with Crippen molar-refractivity contribution in [3.63, 3.8) is 0 Å². The predicted octanol–water partition coefficient (Wildman–Crippen LogP) is 2.42. The topological polar surface area (TPSA) is 64.1 Å². The van der Waals surface area contributed by atoms with Crippen LogP contribution < -0.4 is 10.6 Å². The smallest absolute Gasteiger partial charge is 0.191 e. The summed E-state index contributed by atoms with van der Waals surface area (Å²) in [4.78, 5) is 4.55. The Hall–Kier alpha value is -0.120. The number of halogens is 1. The number of guanidine groups is 1. The third kappa shape index (κ3) is 13.2. The second-order valence-electron chi connectivity index (χ2n) is 5.81. The van der Waals surface area contributed by atoms with Crippen molar-refractivity contribution in [3.8, 4) is 0 Å². The van der Waals surface area contributed by atoms with Crippen molar-refractivity contribution in [1.29, 1.82) is 0 Å². The molecule has 1 saturated heterocycles. The number of nitrogens with one attached hydrogen (secondary N) is 2. The van der Waals surface area contributed by atoms with E-state index >= 15 is 0 Å². The van der Waals surface area contributed by atoms with E-state index in [1.807, 2.05) is 0 Å². The molecule has 1 heterocycles. The number of hydrogen-bond donors (Lipinski definition) is 2. The Morgan fingerprint density at radius 2 is 1.96 bits per heavy atom. The second-order valence-corrected chi connectivity index (χ2v) is 5.81. The number of unbranched alkanes of at least 4 members (excludes halogenated alkanes) is 1. The van der Waals surface area contributed by atoms with Crippen LogP contribution in [0.15, 0.2) is 4.99 Å². The Morgan fingerprint density at radius 1 is 1.12 bits per heavy atom. The van der Waals surface area contributed by atoms with Crippen LogP contribution in [-0.4, -0.2) is 65.2 Å². The van der Waals surface area contributed by atoms with Crippen molar-refractivity contribution in [2.24, 2.45) is 10.9 Å². The summed E-state index contributed by atoms with van der Waals surface area (Å²) in [5.41, 5.74) is 0. The van der Waals surface area contributed by atoms with Crippen molar-refractivity contribution in [2.75, 3.05) is 59.3 Å². The number of hydrogen-bond acceptors (Lipinski definition) is 4. The van der Waals surface area contributed by atoms with Gasteiger partial charge in [0.1, 0.15) is 0 Å². The van der Waals surface area contributed by atoms with E-state index in [-0.39, 0.29) is 24.0 Å². The van der Waals surface area contributed by atoms with E-state index in [1.165, 1.54) is 6.42 Å². The van der Waals surface area contributed by atoms with Gasteiger partial charge in [0.05, 0.1) is 19.8 Å². The standard InChI is InChI=1S/C17H35N3O3.HI/c1-3-5-10-21-13-9-20-17(18-4-2)19-8-6-11-22-14-16-7-12-23-15-16;/h16H,3-15H2,1-2H3,(H2,18,19,20);1H. The van der Waals surface area contributed by atoms with Crippen LogP contribution >= 0.6 is 24.0 Å². The largest absolute Gasteiger partial charge is 0.381 e. The fourth-order valence-corrected chi connectivity index (χ4v) is 2.25. The summed E-state index contributed by atoms with van der Waals surface area (Å²) in [7, 11) is 0. The zero-order valence-corrected chi connectivity index (χ0v) is 17.7. The lowest BCUT2D eigenvalue weighted by molar-refractivity contribution is 0.0893. The average Bonchev–Trinajstić information content (AvgIpc) is 3.07. The van der Waals surface area contributed by atoms with Crippen molar-refractivity contribution in [2.45, 2.75) is 39.5 Å². The highest BCUT2D eigenvalue weighted by atomic mass is 127. The monoisotopic (exact) mass is 457 g/mol. The van der Waals surface area contributed by atoms with Gasteiger partial charge >= 0.3 is 0 Å². The first-order valence-electron chi connectivity index (χ1n) is 9.12. The van der Waals surface area contributed by atoms with Crippen LogP contribution in [0.3, 0.4) is 0 Å². The van der Waals surface area contributed by atoms with Crippen LogP contribution in [0.2, 0.25) is 0 Å². The zero-order valence-electron chi connectivity index (χ0n) is 15.3. The van der Waals surface area contributed by atoms with Gasteiger partial charge in [0.25, 0.3) is 0 Å². The minimum Gasteiger partial charge on any atom is -0.381 e. The Labute approximate surface area is 164 Å². The quantitative estimate of drug-likeness (QED) is 0.193. The van der Waals surface area contributed by atoms with Crippen LogP contribution in [0.25, 0.3) is 0 Å². The molecule has 2 N–H and O–H groups in total. The molecule has 0 bridgehead atoms. The second kappa shape index (κ2) is 17.7. The predicted molar refractivity (Wildman–Crippen MR) is 109 cm³/mol. The molecule has 0 amide bonds. The van der Waals surface area contributed by atoms with Gasteiger partial charge in [0.15, 0.2) is 5.96 Å². The number of aliphatic imine (C=N–C) groups is 1. The summed E-state index contributed by atoms with van der Waals surface area (Å²) in [6.07, 6.45) is 4.37. The summed E-state index contributed by atoms with van der Waals surface area (Å²) in [6, 6.07) is 0. The SMILES string of the molecule is CCCCOCCNC(=NCCCOCC1CCOC1)NCC.I. The van der Waals surface area contributed by atoms with Crippen molar-refractivity contribution in [3.05, 3.63) is 0 Å².